The number of hydrogen-bond donors (Lipinski definition) is 0. The topological polar surface area (TPSA) is 105 Å². The van der Waals surface area contributed by atoms with Crippen LogP contribution >= 0.6 is 0 Å². The molecule has 8 nitrogen and oxygen atoms in total. The first-order chi connectivity index (χ1) is 23.8. The molecule has 0 heterocycles. The van der Waals surface area contributed by atoms with Crippen LogP contribution in [0.4, 0.5) is 0 Å². The number of rotatable bonds is 35. The molecule has 0 radical (unpaired) electrons. The highest BCUT2D eigenvalue weighted by atomic mass is 16.6. The highest BCUT2D eigenvalue weighted by molar-refractivity contribution is 5.72. The van der Waals surface area contributed by atoms with E-state index in [1.165, 1.54) is 0 Å². The van der Waals surface area contributed by atoms with Crippen LogP contribution in [0.5, 0.6) is 0 Å². The molecule has 0 spiro atoms. The minimum atomic E-state index is -1.07. The van der Waals surface area contributed by atoms with E-state index in [4.69, 9.17) is 18.9 Å². The van der Waals surface area contributed by atoms with Gasteiger partial charge in [0.1, 0.15) is 12.7 Å². The van der Waals surface area contributed by atoms with E-state index >= 15 is 0 Å². The van der Waals surface area contributed by atoms with E-state index in [0.29, 0.717) is 19.3 Å². The monoisotopic (exact) mass is 697 g/mol. The maximum Gasteiger partial charge on any atom is 0.306 e. The lowest BCUT2D eigenvalue weighted by atomic mass is 10.0. The van der Waals surface area contributed by atoms with E-state index in [2.05, 4.69) is 34.6 Å². The van der Waals surface area contributed by atoms with Gasteiger partial charge in [-0.1, -0.05) is 150 Å². The molecule has 0 aromatic rings. The van der Waals surface area contributed by atoms with Crippen LogP contribution < -0.4 is 0 Å². The third-order valence-corrected chi connectivity index (χ3v) is 9.00. The van der Waals surface area contributed by atoms with Gasteiger partial charge in [-0.25, -0.2) is 0 Å². The molecule has 3 atom stereocenters. The van der Waals surface area contributed by atoms with Gasteiger partial charge in [0.05, 0.1) is 0 Å². The average molecular weight is 697 g/mol. The number of esters is 4. The van der Waals surface area contributed by atoms with Crippen LogP contribution in [-0.4, -0.2) is 48.8 Å². The Labute approximate surface area is 300 Å². The van der Waals surface area contributed by atoms with E-state index < -0.39 is 30.3 Å². The molecule has 0 aliphatic carbocycles. The summed E-state index contributed by atoms with van der Waals surface area (Å²) in [4.78, 5) is 52.4. The molecule has 0 rings (SSSR count). The van der Waals surface area contributed by atoms with Crippen molar-refractivity contribution in [2.75, 3.05) is 6.61 Å². The summed E-state index contributed by atoms with van der Waals surface area (Å²) >= 11 is 0. The molecule has 0 aromatic carbocycles. The Morgan fingerprint density at radius 1 is 0.367 bits per heavy atom. The first kappa shape index (κ1) is 46.9. The van der Waals surface area contributed by atoms with Crippen LogP contribution in [0.25, 0.3) is 0 Å². The minimum Gasteiger partial charge on any atom is -0.462 e. The number of carbonyl (C=O) groups excluding carboxylic acids is 4. The first-order valence-electron chi connectivity index (χ1n) is 20.6. The predicted molar refractivity (Wildman–Crippen MR) is 198 cm³/mol. The van der Waals surface area contributed by atoms with Crippen LogP contribution in [0.15, 0.2) is 0 Å². The molecule has 0 aromatic heterocycles. The van der Waals surface area contributed by atoms with Gasteiger partial charge >= 0.3 is 23.9 Å². The summed E-state index contributed by atoms with van der Waals surface area (Å²) in [6.45, 7) is 10.5. The number of hydrogen-bond acceptors (Lipinski definition) is 8. The fraction of sp³-hybridized carbons (Fsp3) is 0.902. The lowest BCUT2D eigenvalue weighted by Gasteiger charge is -2.32. The molecule has 0 N–H and O–H groups in total. The summed E-state index contributed by atoms with van der Waals surface area (Å²) in [6.07, 6.45) is 21.0. The molecule has 0 amide bonds. The van der Waals surface area contributed by atoms with Gasteiger partial charge < -0.3 is 18.9 Å². The quantitative estimate of drug-likeness (QED) is 0.0366. The molecular formula is C41H76O8. The maximum atomic E-state index is 13.3. The lowest BCUT2D eigenvalue weighted by Crippen LogP contribution is -2.48. The van der Waals surface area contributed by atoms with Crippen molar-refractivity contribution in [1.29, 1.82) is 0 Å². The second-order valence-corrected chi connectivity index (χ2v) is 13.8. The summed E-state index contributed by atoms with van der Waals surface area (Å²) < 4.78 is 23.9. The Morgan fingerprint density at radius 3 is 1.10 bits per heavy atom. The van der Waals surface area contributed by atoms with Crippen molar-refractivity contribution in [2.24, 2.45) is 0 Å². The van der Waals surface area contributed by atoms with Gasteiger partial charge in [0.25, 0.3) is 0 Å². The summed E-state index contributed by atoms with van der Waals surface area (Å²) in [5.41, 5.74) is 0. The molecule has 1 unspecified atom stereocenters. The van der Waals surface area contributed by atoms with Gasteiger partial charge in [-0.2, -0.15) is 0 Å². The Bertz CT molecular complexity index is 813. The van der Waals surface area contributed by atoms with Crippen LogP contribution in [-0.2, 0) is 38.1 Å². The number of ether oxygens (including phenoxy) is 4. The predicted octanol–water partition coefficient (Wildman–Crippen LogP) is 11.3. The van der Waals surface area contributed by atoms with Crippen molar-refractivity contribution in [3.63, 3.8) is 0 Å². The van der Waals surface area contributed by atoms with Gasteiger partial charge in [-0.15, -0.1) is 0 Å². The fourth-order valence-electron chi connectivity index (χ4n) is 5.88. The van der Waals surface area contributed by atoms with E-state index in [9.17, 15) is 19.2 Å². The van der Waals surface area contributed by atoms with Crippen molar-refractivity contribution in [1.82, 2.24) is 0 Å². The maximum absolute atomic E-state index is 13.3. The van der Waals surface area contributed by atoms with Gasteiger partial charge in [0, 0.05) is 25.7 Å². The van der Waals surface area contributed by atoms with E-state index in [1.54, 1.807) is 0 Å². The SMILES string of the molecule is CCCCCCCC(=O)OC[C@@H](OC(=O)CCCCCCC)[C@@H](OC(=O)CCCCCCC)C(CCCCC)OC(=O)CCCCCCC. The van der Waals surface area contributed by atoms with Crippen LogP contribution in [0.2, 0.25) is 0 Å². The van der Waals surface area contributed by atoms with Crippen LogP contribution in [0, 0.1) is 0 Å². The smallest absolute Gasteiger partial charge is 0.306 e. The Morgan fingerprint density at radius 2 is 0.694 bits per heavy atom. The van der Waals surface area contributed by atoms with Crippen molar-refractivity contribution in [2.45, 2.75) is 233 Å². The second-order valence-electron chi connectivity index (χ2n) is 13.8. The Balaban J connectivity index is 6.08. The molecule has 288 valence electrons. The number of carbonyl (C=O) groups is 4. The molecule has 0 fully saturated rings. The van der Waals surface area contributed by atoms with E-state index in [0.717, 1.165) is 135 Å². The summed E-state index contributed by atoms with van der Waals surface area (Å²) in [6, 6.07) is 0. The van der Waals surface area contributed by atoms with Crippen LogP contribution in [0.3, 0.4) is 0 Å². The van der Waals surface area contributed by atoms with Gasteiger partial charge in [0.2, 0.25) is 0 Å². The zero-order valence-electron chi connectivity index (χ0n) is 32.5. The molecule has 0 aliphatic rings. The highest BCUT2D eigenvalue weighted by Gasteiger charge is 2.39. The molecule has 8 heteroatoms. The largest absolute Gasteiger partial charge is 0.462 e. The Hall–Kier alpha value is -2.12. The molecule has 0 saturated heterocycles. The van der Waals surface area contributed by atoms with Gasteiger partial charge in [-0.05, 0) is 38.5 Å². The highest BCUT2D eigenvalue weighted by Crippen LogP contribution is 2.23. The van der Waals surface area contributed by atoms with Crippen molar-refractivity contribution < 1.29 is 38.1 Å². The summed E-state index contributed by atoms with van der Waals surface area (Å²) in [5.74, 6) is -1.55. The third kappa shape index (κ3) is 28.3. The molecule has 0 bridgehead atoms. The minimum absolute atomic E-state index is 0.224. The van der Waals surface area contributed by atoms with Crippen molar-refractivity contribution in [3.8, 4) is 0 Å². The van der Waals surface area contributed by atoms with Crippen molar-refractivity contribution >= 4 is 23.9 Å². The second kappa shape index (κ2) is 34.3. The first-order valence-corrected chi connectivity index (χ1v) is 20.6. The zero-order valence-corrected chi connectivity index (χ0v) is 32.5. The summed E-state index contributed by atoms with van der Waals surface area (Å²) in [7, 11) is 0. The lowest BCUT2D eigenvalue weighted by molar-refractivity contribution is -0.192. The molecular weight excluding hydrogens is 620 g/mol. The molecule has 49 heavy (non-hydrogen) atoms. The van der Waals surface area contributed by atoms with Gasteiger partial charge in [-0.3, -0.25) is 19.2 Å². The molecule has 0 saturated carbocycles. The average Bonchev–Trinajstić information content (AvgIpc) is 3.08. The Kier molecular flexibility index (Phi) is 32.8. The van der Waals surface area contributed by atoms with Gasteiger partial charge in [0.15, 0.2) is 12.2 Å². The normalized spacial score (nSPS) is 13.0. The fourth-order valence-corrected chi connectivity index (χ4v) is 5.88. The van der Waals surface area contributed by atoms with Crippen LogP contribution in [0.1, 0.15) is 214 Å². The van der Waals surface area contributed by atoms with E-state index in [-0.39, 0.29) is 44.2 Å². The van der Waals surface area contributed by atoms with E-state index in [1.807, 2.05) is 0 Å². The summed E-state index contributed by atoms with van der Waals surface area (Å²) in [5, 5.41) is 0. The molecule has 0 aliphatic heterocycles. The number of unbranched alkanes of at least 4 members (excludes halogenated alkanes) is 18. The zero-order chi connectivity index (χ0) is 36.4. The third-order valence-electron chi connectivity index (χ3n) is 9.00. The van der Waals surface area contributed by atoms with Crippen molar-refractivity contribution in [3.05, 3.63) is 0 Å². The standard InChI is InChI=1S/C41H76O8/c1-6-11-16-20-25-30-37(42)46-34-36(48-39(44)32-27-22-18-13-8-3)41(49-40(45)33-28-23-19-14-9-4)35(29-24-15-10-5)47-38(43)31-26-21-17-12-7-2/h35-36,41H,6-34H2,1-5H3/t35?,36-,41+/m1/s1.